The lowest BCUT2D eigenvalue weighted by atomic mass is 9.75. The summed E-state index contributed by atoms with van der Waals surface area (Å²) in [7, 11) is 0. The standard InChI is InChI=1S/C23H27NO6/c1-15-10-22(26)30-20-11-18(6-7-19(15)20)28-14-23(27)29-13-21(25)24-9-8-16-4-2-3-5-17(16)12-24/h6-7,10-11,16-17H,2-5,8-9,12-14H2,1H3/t16-,17-/m1/s1. The van der Waals surface area contributed by atoms with Crippen LogP contribution in [-0.4, -0.2) is 43.1 Å². The van der Waals surface area contributed by atoms with Crippen molar-refractivity contribution in [1.82, 2.24) is 4.90 Å². The summed E-state index contributed by atoms with van der Waals surface area (Å²) in [5, 5.41) is 0.803. The predicted molar refractivity (Wildman–Crippen MR) is 110 cm³/mol. The van der Waals surface area contributed by atoms with Gasteiger partial charge in [-0.25, -0.2) is 9.59 Å². The van der Waals surface area contributed by atoms with Crippen molar-refractivity contribution in [3.8, 4) is 5.75 Å². The molecule has 2 aliphatic rings. The number of esters is 1. The van der Waals surface area contributed by atoms with Crippen LogP contribution in [-0.2, 0) is 14.3 Å². The number of aryl methyl sites for hydroxylation is 1. The molecule has 2 atom stereocenters. The second kappa shape index (κ2) is 8.90. The minimum atomic E-state index is -0.610. The van der Waals surface area contributed by atoms with Crippen molar-refractivity contribution >= 4 is 22.8 Å². The molecule has 4 rings (SSSR count). The first-order valence-electron chi connectivity index (χ1n) is 10.6. The molecule has 160 valence electrons. The number of piperidine rings is 1. The molecule has 1 saturated heterocycles. The highest BCUT2D eigenvalue weighted by Gasteiger charge is 2.33. The minimum absolute atomic E-state index is 0.143. The molecule has 1 amide bonds. The highest BCUT2D eigenvalue weighted by molar-refractivity contribution is 5.82. The molecule has 7 heteroatoms. The molecule has 2 fully saturated rings. The Morgan fingerprint density at radius 3 is 2.73 bits per heavy atom. The second-order valence-corrected chi connectivity index (χ2v) is 8.29. The molecule has 0 spiro atoms. The van der Waals surface area contributed by atoms with Gasteiger partial charge in [-0.3, -0.25) is 4.79 Å². The van der Waals surface area contributed by atoms with Gasteiger partial charge >= 0.3 is 11.6 Å². The van der Waals surface area contributed by atoms with Crippen LogP contribution in [0.5, 0.6) is 5.75 Å². The average Bonchev–Trinajstić information content (AvgIpc) is 2.75. The van der Waals surface area contributed by atoms with Gasteiger partial charge < -0.3 is 18.8 Å². The van der Waals surface area contributed by atoms with E-state index in [2.05, 4.69) is 0 Å². The topological polar surface area (TPSA) is 86.0 Å². The fourth-order valence-corrected chi connectivity index (χ4v) is 4.64. The zero-order valence-corrected chi connectivity index (χ0v) is 17.2. The van der Waals surface area contributed by atoms with Crippen LogP contribution < -0.4 is 10.4 Å². The van der Waals surface area contributed by atoms with Crippen LogP contribution in [0, 0.1) is 18.8 Å². The minimum Gasteiger partial charge on any atom is -0.482 e. The van der Waals surface area contributed by atoms with E-state index in [1.807, 2.05) is 11.8 Å². The van der Waals surface area contributed by atoms with Crippen LogP contribution >= 0.6 is 0 Å². The largest absolute Gasteiger partial charge is 0.482 e. The van der Waals surface area contributed by atoms with Gasteiger partial charge in [0.15, 0.2) is 13.2 Å². The first-order valence-corrected chi connectivity index (χ1v) is 10.6. The van der Waals surface area contributed by atoms with Crippen LogP contribution in [0.1, 0.15) is 37.7 Å². The molecule has 0 unspecified atom stereocenters. The molecule has 0 N–H and O–H groups in total. The Kier molecular flexibility index (Phi) is 6.06. The highest BCUT2D eigenvalue weighted by Crippen LogP contribution is 2.36. The fourth-order valence-electron chi connectivity index (χ4n) is 4.64. The van der Waals surface area contributed by atoms with Gasteiger partial charge in [-0.15, -0.1) is 0 Å². The summed E-state index contributed by atoms with van der Waals surface area (Å²) < 4.78 is 15.7. The Balaban J connectivity index is 1.25. The molecule has 1 aliphatic heterocycles. The van der Waals surface area contributed by atoms with E-state index in [1.165, 1.54) is 31.7 Å². The molecule has 0 bridgehead atoms. The van der Waals surface area contributed by atoms with Gasteiger partial charge in [-0.2, -0.15) is 0 Å². The molecule has 2 aromatic rings. The molecule has 1 saturated carbocycles. The van der Waals surface area contributed by atoms with Crippen LogP contribution in [0.4, 0.5) is 0 Å². The number of fused-ring (bicyclic) bond motifs is 2. The SMILES string of the molecule is Cc1cc(=O)oc2cc(OCC(=O)OCC(=O)N3CC[C@H]4CCCC[C@@H]4C3)ccc12. The van der Waals surface area contributed by atoms with E-state index in [9.17, 15) is 14.4 Å². The predicted octanol–water partition coefficient (Wildman–Crippen LogP) is 3.06. The summed E-state index contributed by atoms with van der Waals surface area (Å²) in [6.45, 7) is 2.77. The van der Waals surface area contributed by atoms with Gasteiger partial charge in [-0.05, 0) is 49.3 Å². The summed E-state index contributed by atoms with van der Waals surface area (Å²) in [6, 6.07) is 6.46. The van der Waals surface area contributed by atoms with E-state index < -0.39 is 11.6 Å². The van der Waals surface area contributed by atoms with Crippen molar-refractivity contribution in [2.75, 3.05) is 26.3 Å². The summed E-state index contributed by atoms with van der Waals surface area (Å²) >= 11 is 0. The summed E-state index contributed by atoms with van der Waals surface area (Å²) in [5.74, 6) is 0.969. The van der Waals surface area contributed by atoms with Gasteiger partial charge in [0.05, 0.1) is 0 Å². The smallest absolute Gasteiger partial charge is 0.344 e. The summed E-state index contributed by atoms with van der Waals surface area (Å²) in [4.78, 5) is 37.8. The van der Waals surface area contributed by atoms with Crippen molar-refractivity contribution < 1.29 is 23.5 Å². The molecule has 2 heterocycles. The van der Waals surface area contributed by atoms with Crippen molar-refractivity contribution in [3.63, 3.8) is 0 Å². The highest BCUT2D eigenvalue weighted by atomic mass is 16.6. The fraction of sp³-hybridized carbons (Fsp3) is 0.522. The summed E-state index contributed by atoms with van der Waals surface area (Å²) in [5.41, 5.74) is 0.766. The molecule has 7 nitrogen and oxygen atoms in total. The monoisotopic (exact) mass is 413 g/mol. The Labute approximate surface area is 174 Å². The molecule has 30 heavy (non-hydrogen) atoms. The molecule has 1 aliphatic carbocycles. The third kappa shape index (κ3) is 4.66. The van der Waals surface area contributed by atoms with Crippen molar-refractivity contribution in [1.29, 1.82) is 0 Å². The van der Waals surface area contributed by atoms with Gasteiger partial charge in [0.1, 0.15) is 11.3 Å². The molecular weight excluding hydrogens is 386 g/mol. The van der Waals surface area contributed by atoms with Crippen LogP contribution in [0.2, 0.25) is 0 Å². The Bertz CT molecular complexity index is 997. The van der Waals surface area contributed by atoms with E-state index in [-0.39, 0.29) is 19.1 Å². The van der Waals surface area contributed by atoms with Crippen molar-refractivity contribution in [2.45, 2.75) is 39.0 Å². The van der Waals surface area contributed by atoms with Crippen LogP contribution in [0.25, 0.3) is 11.0 Å². The lowest BCUT2D eigenvalue weighted by molar-refractivity contribution is -0.154. The number of amides is 1. The van der Waals surface area contributed by atoms with E-state index in [0.29, 0.717) is 17.3 Å². The van der Waals surface area contributed by atoms with E-state index in [4.69, 9.17) is 13.9 Å². The quantitative estimate of drug-likeness (QED) is 0.553. The van der Waals surface area contributed by atoms with Crippen molar-refractivity contribution in [2.24, 2.45) is 11.8 Å². The van der Waals surface area contributed by atoms with E-state index in [0.717, 1.165) is 36.4 Å². The number of carbonyl (C=O) groups is 2. The number of nitrogens with zero attached hydrogens (tertiary/aromatic N) is 1. The number of hydrogen-bond acceptors (Lipinski definition) is 6. The zero-order valence-electron chi connectivity index (χ0n) is 17.2. The third-order valence-electron chi connectivity index (χ3n) is 6.28. The maximum absolute atomic E-state index is 12.4. The molecule has 1 aromatic carbocycles. The van der Waals surface area contributed by atoms with Gasteiger partial charge in [-0.1, -0.05) is 19.3 Å². The summed E-state index contributed by atoms with van der Waals surface area (Å²) in [6.07, 6.45) is 6.05. The Morgan fingerprint density at radius 2 is 1.90 bits per heavy atom. The maximum Gasteiger partial charge on any atom is 0.344 e. The lowest BCUT2D eigenvalue weighted by Gasteiger charge is -2.41. The third-order valence-corrected chi connectivity index (χ3v) is 6.28. The number of ether oxygens (including phenoxy) is 2. The average molecular weight is 413 g/mol. The number of likely N-dealkylation sites (tertiary alicyclic amines) is 1. The van der Waals surface area contributed by atoms with Crippen LogP contribution in [0.3, 0.4) is 0 Å². The Morgan fingerprint density at radius 1 is 1.10 bits per heavy atom. The maximum atomic E-state index is 12.4. The number of hydrogen-bond donors (Lipinski definition) is 0. The van der Waals surface area contributed by atoms with Crippen LogP contribution in [0.15, 0.2) is 33.5 Å². The number of rotatable bonds is 5. The second-order valence-electron chi connectivity index (χ2n) is 8.29. The normalized spacial score (nSPS) is 21.2. The first kappa shape index (κ1) is 20.4. The number of benzene rings is 1. The lowest BCUT2D eigenvalue weighted by Crippen LogP contribution is -2.46. The molecule has 1 aromatic heterocycles. The number of carbonyl (C=O) groups excluding carboxylic acids is 2. The zero-order chi connectivity index (χ0) is 21.1. The first-order chi connectivity index (χ1) is 14.5. The van der Waals surface area contributed by atoms with E-state index >= 15 is 0 Å². The van der Waals surface area contributed by atoms with Gasteiger partial charge in [0.2, 0.25) is 0 Å². The molecular formula is C23H27NO6. The van der Waals surface area contributed by atoms with Crippen molar-refractivity contribution in [3.05, 3.63) is 40.2 Å². The van der Waals surface area contributed by atoms with E-state index in [1.54, 1.807) is 18.2 Å². The van der Waals surface area contributed by atoms with Gasteiger partial charge in [0.25, 0.3) is 5.91 Å². The Hall–Kier alpha value is -2.83. The van der Waals surface area contributed by atoms with Gasteiger partial charge in [0, 0.05) is 30.6 Å². The molecule has 0 radical (unpaired) electrons.